The average Bonchev–Trinajstić information content (AvgIpc) is 2.81. The van der Waals surface area contributed by atoms with Crippen LogP contribution in [0, 0.1) is 0 Å². The minimum absolute atomic E-state index is 0.0339. The lowest BCUT2D eigenvalue weighted by Gasteiger charge is -2.39. The molecule has 2 amide bonds. The van der Waals surface area contributed by atoms with E-state index in [9.17, 15) is 4.79 Å². The van der Waals surface area contributed by atoms with Crippen LogP contribution in [0.4, 0.5) is 16.2 Å². The van der Waals surface area contributed by atoms with E-state index in [1.165, 1.54) is 0 Å². The molecule has 1 aliphatic rings. The van der Waals surface area contributed by atoms with Gasteiger partial charge < -0.3 is 9.74 Å². The van der Waals surface area contributed by atoms with Crippen LogP contribution in [0.15, 0.2) is 54.6 Å². The normalized spacial score (nSPS) is 17.6. The van der Waals surface area contributed by atoms with Crippen molar-refractivity contribution in [2.24, 2.45) is 0 Å². The molecule has 1 unspecified atom stereocenters. The molecule has 1 atom stereocenters. The Morgan fingerprint density at radius 1 is 1.07 bits per heavy atom. The van der Waals surface area contributed by atoms with Gasteiger partial charge in [0, 0.05) is 17.8 Å². The molecule has 150 valence electrons. The van der Waals surface area contributed by atoms with Gasteiger partial charge in [0.2, 0.25) is 0 Å². The highest BCUT2D eigenvalue weighted by Crippen LogP contribution is 2.43. The van der Waals surface area contributed by atoms with Crippen LogP contribution in [-0.4, -0.2) is 20.9 Å². The van der Waals surface area contributed by atoms with Crippen molar-refractivity contribution in [3.63, 3.8) is 0 Å². The van der Waals surface area contributed by atoms with E-state index >= 15 is 0 Å². The van der Waals surface area contributed by atoms with Gasteiger partial charge >= 0.3 is 6.03 Å². The average molecular weight is 397 g/mol. The third-order valence-electron chi connectivity index (χ3n) is 5.94. The van der Waals surface area contributed by atoms with E-state index < -0.39 is 8.32 Å². The predicted octanol–water partition coefficient (Wildman–Crippen LogP) is 6.58. The zero-order valence-electron chi connectivity index (χ0n) is 17.7. The summed E-state index contributed by atoms with van der Waals surface area (Å²) in [5, 5.41) is 3.17. The van der Waals surface area contributed by atoms with Crippen molar-refractivity contribution in [3.8, 4) is 0 Å². The van der Waals surface area contributed by atoms with Crippen molar-refractivity contribution in [2.75, 3.05) is 16.8 Å². The van der Waals surface area contributed by atoms with Gasteiger partial charge in [-0.3, -0.25) is 4.90 Å². The smallest absolute Gasteiger partial charge is 0.326 e. The van der Waals surface area contributed by atoms with Gasteiger partial charge in [-0.05, 0) is 49.2 Å². The fraction of sp³-hybridized carbons (Fsp3) is 0.435. The lowest BCUT2D eigenvalue weighted by Crippen LogP contribution is -2.41. The highest BCUT2D eigenvalue weighted by atomic mass is 28.4. The Labute approximate surface area is 170 Å². The molecule has 0 fully saturated rings. The quantitative estimate of drug-likeness (QED) is 0.595. The molecule has 0 spiro atoms. The number of rotatable bonds is 3. The minimum atomic E-state index is -1.91. The van der Waals surface area contributed by atoms with E-state index in [4.69, 9.17) is 4.43 Å². The van der Waals surface area contributed by atoms with E-state index in [1.807, 2.05) is 53.4 Å². The number of anilines is 2. The first kappa shape index (κ1) is 20.6. The summed E-state index contributed by atoms with van der Waals surface area (Å²) in [4.78, 5) is 14.9. The number of carbonyl (C=O) groups is 1. The Balaban J connectivity index is 1.88. The fourth-order valence-electron chi connectivity index (χ4n) is 3.29. The lowest BCUT2D eigenvalue weighted by atomic mass is 10.0. The molecule has 1 aliphatic heterocycles. The monoisotopic (exact) mass is 396 g/mol. The number of fused-ring (bicyclic) bond motifs is 1. The third-order valence-corrected chi connectivity index (χ3v) is 10.4. The van der Waals surface area contributed by atoms with Gasteiger partial charge in [-0.2, -0.15) is 0 Å². The zero-order valence-corrected chi connectivity index (χ0v) is 18.7. The van der Waals surface area contributed by atoms with Gasteiger partial charge in [0.15, 0.2) is 8.32 Å². The number of para-hydroxylation sites is 2. The Morgan fingerprint density at radius 2 is 1.71 bits per heavy atom. The van der Waals surface area contributed by atoms with Crippen molar-refractivity contribution >= 4 is 25.7 Å². The first-order valence-electron chi connectivity index (χ1n) is 10.1. The Bertz CT molecular complexity index is 815. The predicted molar refractivity (Wildman–Crippen MR) is 120 cm³/mol. The number of hydrogen-bond acceptors (Lipinski definition) is 2. The van der Waals surface area contributed by atoms with Gasteiger partial charge in [0.25, 0.3) is 0 Å². The maximum Gasteiger partial charge on any atom is 0.326 e. The lowest BCUT2D eigenvalue weighted by molar-refractivity contribution is 0.174. The SMILES string of the molecule is CC(C)(C)[Si](C)(C)OC1CCCN(C(=O)Nc2ccccc2)c2ccccc21. The molecule has 5 heteroatoms. The number of benzene rings is 2. The molecule has 2 aromatic carbocycles. The van der Waals surface area contributed by atoms with Crippen molar-refractivity contribution in [1.82, 2.24) is 0 Å². The molecular formula is C23H32N2O2Si. The van der Waals surface area contributed by atoms with Crippen LogP contribution >= 0.6 is 0 Å². The van der Waals surface area contributed by atoms with Gasteiger partial charge in [-0.25, -0.2) is 4.79 Å². The van der Waals surface area contributed by atoms with Crippen molar-refractivity contribution < 1.29 is 9.22 Å². The molecule has 3 rings (SSSR count). The summed E-state index contributed by atoms with van der Waals surface area (Å²) in [5.74, 6) is 0. The number of amides is 2. The maximum absolute atomic E-state index is 13.0. The summed E-state index contributed by atoms with van der Waals surface area (Å²) < 4.78 is 6.78. The Morgan fingerprint density at radius 3 is 2.39 bits per heavy atom. The van der Waals surface area contributed by atoms with Crippen LogP contribution in [0.5, 0.6) is 0 Å². The zero-order chi connectivity index (χ0) is 20.4. The molecule has 1 N–H and O–H groups in total. The summed E-state index contributed by atoms with van der Waals surface area (Å²) in [6, 6.07) is 17.7. The third kappa shape index (κ3) is 4.47. The number of nitrogens with zero attached hydrogens (tertiary/aromatic N) is 1. The van der Waals surface area contributed by atoms with Crippen LogP contribution in [0.1, 0.15) is 45.3 Å². The number of nitrogens with one attached hydrogen (secondary N) is 1. The Kier molecular flexibility index (Phi) is 5.96. The van der Waals surface area contributed by atoms with E-state index in [0.29, 0.717) is 6.54 Å². The standard InChI is InChI=1S/C23H32N2O2Si/c1-23(2,3)28(4,5)27-21-16-11-17-25(20-15-10-9-14-19(20)21)22(26)24-18-12-7-6-8-13-18/h6-10,12-15,21H,11,16-17H2,1-5H3,(H,24,26). The van der Waals surface area contributed by atoms with Gasteiger partial charge in [-0.15, -0.1) is 0 Å². The summed E-state index contributed by atoms with van der Waals surface area (Å²) in [7, 11) is -1.91. The largest absolute Gasteiger partial charge is 0.410 e. The van der Waals surface area contributed by atoms with E-state index in [-0.39, 0.29) is 17.2 Å². The Hall–Kier alpha value is -2.11. The maximum atomic E-state index is 13.0. The number of urea groups is 1. The highest BCUT2D eigenvalue weighted by Gasteiger charge is 2.40. The molecule has 0 radical (unpaired) electrons. The van der Waals surface area contributed by atoms with Crippen LogP contribution < -0.4 is 10.2 Å². The molecular weight excluding hydrogens is 364 g/mol. The molecule has 0 saturated heterocycles. The van der Waals surface area contributed by atoms with Gasteiger partial charge in [0.05, 0.1) is 11.8 Å². The molecule has 0 aromatic heterocycles. The van der Waals surface area contributed by atoms with Crippen molar-refractivity contribution in [2.45, 2.75) is 57.8 Å². The summed E-state index contributed by atoms with van der Waals surface area (Å²) in [6.07, 6.45) is 1.88. The molecule has 28 heavy (non-hydrogen) atoms. The first-order valence-corrected chi connectivity index (χ1v) is 13.0. The first-order chi connectivity index (χ1) is 13.2. The molecule has 2 aromatic rings. The van der Waals surface area contributed by atoms with Gasteiger partial charge in [0.1, 0.15) is 0 Å². The molecule has 0 bridgehead atoms. The van der Waals surface area contributed by atoms with E-state index in [2.05, 4.69) is 45.2 Å². The van der Waals surface area contributed by atoms with Gasteiger partial charge in [-0.1, -0.05) is 57.2 Å². The minimum Gasteiger partial charge on any atom is -0.410 e. The molecule has 4 nitrogen and oxygen atoms in total. The second-order valence-corrected chi connectivity index (χ2v) is 13.8. The second kappa shape index (κ2) is 8.09. The highest BCUT2D eigenvalue weighted by molar-refractivity contribution is 6.74. The second-order valence-electron chi connectivity index (χ2n) is 9.02. The molecule has 1 heterocycles. The van der Waals surface area contributed by atoms with Crippen LogP contribution in [-0.2, 0) is 4.43 Å². The van der Waals surface area contributed by atoms with Crippen LogP contribution in [0.25, 0.3) is 0 Å². The summed E-state index contributed by atoms with van der Waals surface area (Å²) in [6.45, 7) is 12.1. The summed E-state index contributed by atoms with van der Waals surface area (Å²) in [5.41, 5.74) is 2.88. The number of hydrogen-bond donors (Lipinski definition) is 1. The topological polar surface area (TPSA) is 41.6 Å². The van der Waals surface area contributed by atoms with E-state index in [0.717, 1.165) is 29.8 Å². The fourth-order valence-corrected chi connectivity index (χ4v) is 4.60. The van der Waals surface area contributed by atoms with Crippen molar-refractivity contribution in [1.29, 1.82) is 0 Å². The van der Waals surface area contributed by atoms with Crippen LogP contribution in [0.2, 0.25) is 18.1 Å². The van der Waals surface area contributed by atoms with E-state index in [1.54, 1.807) is 0 Å². The number of carbonyl (C=O) groups excluding carboxylic acids is 1. The molecule has 0 saturated carbocycles. The molecule has 0 aliphatic carbocycles. The van der Waals surface area contributed by atoms with Crippen LogP contribution in [0.3, 0.4) is 0 Å². The summed E-state index contributed by atoms with van der Waals surface area (Å²) >= 11 is 0. The van der Waals surface area contributed by atoms with Crippen molar-refractivity contribution in [3.05, 3.63) is 60.2 Å².